The highest BCUT2D eigenvalue weighted by molar-refractivity contribution is 5.14. The fourth-order valence-corrected chi connectivity index (χ4v) is 3.97. The van der Waals surface area contributed by atoms with Gasteiger partial charge in [0.15, 0.2) is 6.29 Å². The van der Waals surface area contributed by atoms with E-state index in [4.69, 9.17) is 18.9 Å². The van der Waals surface area contributed by atoms with Crippen LogP contribution in [0.1, 0.15) is 56.6 Å². The van der Waals surface area contributed by atoms with Gasteiger partial charge in [0.2, 0.25) is 0 Å². The van der Waals surface area contributed by atoms with E-state index >= 15 is 0 Å². The van der Waals surface area contributed by atoms with Gasteiger partial charge in [0.05, 0.1) is 19.8 Å². The Labute approximate surface area is 192 Å². The maximum atomic E-state index is 9.93. The lowest BCUT2D eigenvalue weighted by molar-refractivity contribution is -0.183. The molecule has 2 aromatic carbocycles. The second kappa shape index (κ2) is 14.4. The van der Waals surface area contributed by atoms with Crippen molar-refractivity contribution >= 4 is 0 Å². The SMILES string of the molecule is CCCCCCCCO[C@H]1O[C@H](CO)[C@@H](OCc2ccccc2)[C@@H]1OCc1ccccc1. The van der Waals surface area contributed by atoms with E-state index in [1.54, 1.807) is 0 Å². The number of aliphatic hydroxyl groups excluding tert-OH is 1. The molecule has 32 heavy (non-hydrogen) atoms. The van der Waals surface area contributed by atoms with Gasteiger partial charge in [-0.2, -0.15) is 0 Å². The van der Waals surface area contributed by atoms with E-state index in [0.29, 0.717) is 19.8 Å². The largest absolute Gasteiger partial charge is 0.394 e. The van der Waals surface area contributed by atoms with Crippen LogP contribution in [0, 0.1) is 0 Å². The third-order valence-corrected chi connectivity index (χ3v) is 5.80. The number of rotatable bonds is 15. The Morgan fingerprint density at radius 1 is 0.719 bits per heavy atom. The van der Waals surface area contributed by atoms with Crippen LogP contribution in [-0.2, 0) is 32.2 Å². The van der Waals surface area contributed by atoms with E-state index in [1.165, 1.54) is 25.7 Å². The maximum absolute atomic E-state index is 9.93. The summed E-state index contributed by atoms with van der Waals surface area (Å²) in [6, 6.07) is 20.1. The molecule has 1 saturated heterocycles. The Morgan fingerprint density at radius 3 is 1.88 bits per heavy atom. The molecule has 1 N–H and O–H groups in total. The molecule has 0 spiro atoms. The summed E-state index contributed by atoms with van der Waals surface area (Å²) >= 11 is 0. The average molecular weight is 443 g/mol. The van der Waals surface area contributed by atoms with Crippen LogP contribution in [0.2, 0.25) is 0 Å². The lowest BCUT2D eigenvalue weighted by Gasteiger charge is -2.24. The van der Waals surface area contributed by atoms with E-state index in [1.807, 2.05) is 60.7 Å². The number of benzene rings is 2. The molecule has 1 aliphatic heterocycles. The van der Waals surface area contributed by atoms with E-state index in [-0.39, 0.29) is 6.61 Å². The van der Waals surface area contributed by atoms with Gasteiger partial charge < -0.3 is 24.1 Å². The minimum Gasteiger partial charge on any atom is -0.394 e. The van der Waals surface area contributed by atoms with E-state index in [0.717, 1.165) is 24.0 Å². The standard InChI is InChI=1S/C27H38O5/c1-2-3-4-5-6-13-18-29-27-26(31-21-23-16-11-8-12-17-23)25(24(19-28)32-27)30-20-22-14-9-7-10-15-22/h7-12,14-17,24-28H,2-6,13,18-21H2,1H3/t24-,25-,26+,27+/m1/s1. The van der Waals surface area contributed by atoms with Crippen molar-refractivity contribution in [2.24, 2.45) is 0 Å². The summed E-state index contributed by atoms with van der Waals surface area (Å²) in [5.41, 5.74) is 2.15. The van der Waals surface area contributed by atoms with Crippen molar-refractivity contribution in [3.63, 3.8) is 0 Å². The third-order valence-electron chi connectivity index (χ3n) is 5.80. The highest BCUT2D eigenvalue weighted by Gasteiger charge is 2.46. The molecule has 176 valence electrons. The second-order valence-electron chi connectivity index (χ2n) is 8.39. The first-order valence-electron chi connectivity index (χ1n) is 12.0. The minimum absolute atomic E-state index is 0.137. The predicted molar refractivity (Wildman–Crippen MR) is 125 cm³/mol. The van der Waals surface area contributed by atoms with Gasteiger partial charge >= 0.3 is 0 Å². The van der Waals surface area contributed by atoms with Gasteiger partial charge in [-0.3, -0.25) is 0 Å². The fraction of sp³-hybridized carbons (Fsp3) is 0.556. The van der Waals surface area contributed by atoms with Gasteiger partial charge in [0, 0.05) is 6.61 Å². The monoisotopic (exact) mass is 442 g/mol. The molecule has 0 unspecified atom stereocenters. The topological polar surface area (TPSA) is 57.2 Å². The molecule has 2 aromatic rings. The first-order chi connectivity index (χ1) is 15.8. The highest BCUT2D eigenvalue weighted by atomic mass is 16.7. The lowest BCUT2D eigenvalue weighted by atomic mass is 10.1. The zero-order chi connectivity index (χ0) is 22.4. The zero-order valence-corrected chi connectivity index (χ0v) is 19.2. The smallest absolute Gasteiger partial charge is 0.186 e. The van der Waals surface area contributed by atoms with Crippen LogP contribution in [0.3, 0.4) is 0 Å². The summed E-state index contributed by atoms with van der Waals surface area (Å²) in [6.45, 7) is 3.58. The molecule has 5 nitrogen and oxygen atoms in total. The Bertz CT molecular complexity index is 723. The number of unbranched alkanes of at least 4 members (excludes halogenated alkanes) is 5. The first-order valence-corrected chi connectivity index (χ1v) is 12.0. The Morgan fingerprint density at radius 2 is 1.28 bits per heavy atom. The molecule has 1 fully saturated rings. The molecule has 1 aliphatic rings. The number of hydrogen-bond acceptors (Lipinski definition) is 5. The number of ether oxygens (including phenoxy) is 4. The van der Waals surface area contributed by atoms with Crippen molar-refractivity contribution in [2.45, 2.75) is 83.3 Å². The fourth-order valence-electron chi connectivity index (χ4n) is 3.97. The predicted octanol–water partition coefficient (Wildman–Crippen LogP) is 5.25. The molecular formula is C27H38O5. The van der Waals surface area contributed by atoms with Crippen LogP contribution < -0.4 is 0 Å². The molecule has 0 bridgehead atoms. The third kappa shape index (κ3) is 7.98. The molecule has 0 aliphatic carbocycles. The van der Waals surface area contributed by atoms with Crippen molar-refractivity contribution in [2.75, 3.05) is 13.2 Å². The van der Waals surface area contributed by atoms with Crippen molar-refractivity contribution in [1.29, 1.82) is 0 Å². The normalized spacial score (nSPS) is 22.9. The van der Waals surface area contributed by atoms with Crippen molar-refractivity contribution < 1.29 is 24.1 Å². The Hall–Kier alpha value is -1.76. The molecule has 4 atom stereocenters. The molecule has 0 saturated carbocycles. The summed E-state index contributed by atoms with van der Waals surface area (Å²) in [7, 11) is 0. The minimum atomic E-state index is -0.549. The average Bonchev–Trinajstić information content (AvgIpc) is 3.18. The maximum Gasteiger partial charge on any atom is 0.186 e. The van der Waals surface area contributed by atoms with Gasteiger partial charge in [-0.05, 0) is 17.5 Å². The van der Waals surface area contributed by atoms with Crippen LogP contribution in [0.4, 0.5) is 0 Å². The van der Waals surface area contributed by atoms with Gasteiger partial charge in [0.25, 0.3) is 0 Å². The van der Waals surface area contributed by atoms with Crippen molar-refractivity contribution in [3.8, 4) is 0 Å². The van der Waals surface area contributed by atoms with Crippen molar-refractivity contribution in [1.82, 2.24) is 0 Å². The molecule has 0 radical (unpaired) electrons. The van der Waals surface area contributed by atoms with Crippen molar-refractivity contribution in [3.05, 3.63) is 71.8 Å². The summed E-state index contributed by atoms with van der Waals surface area (Å²) in [5.74, 6) is 0. The van der Waals surface area contributed by atoms with Gasteiger partial charge in [-0.25, -0.2) is 0 Å². The molecule has 3 rings (SSSR count). The van der Waals surface area contributed by atoms with E-state index < -0.39 is 24.6 Å². The Kier molecular flexibility index (Phi) is 11.2. The number of hydrogen-bond donors (Lipinski definition) is 1. The summed E-state index contributed by atoms with van der Waals surface area (Å²) in [6.07, 6.45) is 5.37. The number of aliphatic hydroxyl groups is 1. The summed E-state index contributed by atoms with van der Waals surface area (Å²) in [4.78, 5) is 0. The molecule has 0 amide bonds. The van der Waals surface area contributed by atoms with Crippen LogP contribution in [0.5, 0.6) is 0 Å². The van der Waals surface area contributed by atoms with Crippen LogP contribution in [0.25, 0.3) is 0 Å². The highest BCUT2D eigenvalue weighted by Crippen LogP contribution is 2.29. The second-order valence-corrected chi connectivity index (χ2v) is 8.39. The first kappa shape index (κ1) is 24.9. The molecule has 5 heteroatoms. The molecule has 0 aromatic heterocycles. The quantitative estimate of drug-likeness (QED) is 0.382. The van der Waals surface area contributed by atoms with E-state index in [2.05, 4.69) is 6.92 Å². The molecular weight excluding hydrogens is 404 g/mol. The summed E-state index contributed by atoms with van der Waals surface area (Å²) in [5, 5.41) is 9.93. The van der Waals surface area contributed by atoms with Gasteiger partial charge in [-0.15, -0.1) is 0 Å². The van der Waals surface area contributed by atoms with Crippen LogP contribution >= 0.6 is 0 Å². The zero-order valence-electron chi connectivity index (χ0n) is 19.2. The van der Waals surface area contributed by atoms with Gasteiger partial charge in [-0.1, -0.05) is 99.7 Å². The van der Waals surface area contributed by atoms with E-state index in [9.17, 15) is 5.11 Å². The Balaban J connectivity index is 1.58. The van der Waals surface area contributed by atoms with Gasteiger partial charge in [0.1, 0.15) is 18.3 Å². The van der Waals surface area contributed by atoms with Crippen LogP contribution in [0.15, 0.2) is 60.7 Å². The lowest BCUT2D eigenvalue weighted by Crippen LogP contribution is -2.39. The molecule has 1 heterocycles. The summed E-state index contributed by atoms with van der Waals surface area (Å²) < 4.78 is 24.6. The van der Waals surface area contributed by atoms with Crippen LogP contribution in [-0.4, -0.2) is 42.9 Å².